The van der Waals surface area contributed by atoms with Gasteiger partial charge in [-0.25, -0.2) is 19.7 Å². The summed E-state index contributed by atoms with van der Waals surface area (Å²) in [6, 6.07) is 0.0966. The number of esters is 2. The monoisotopic (exact) mass is 478 g/mol. The molecule has 1 amide bonds. The summed E-state index contributed by atoms with van der Waals surface area (Å²) < 4.78 is 29.0. The summed E-state index contributed by atoms with van der Waals surface area (Å²) >= 11 is 0. The summed E-state index contributed by atoms with van der Waals surface area (Å²) in [4.78, 5) is 48.3. The first-order chi connectivity index (χ1) is 16.4. The van der Waals surface area contributed by atoms with Crippen molar-refractivity contribution < 1.29 is 38.1 Å². The van der Waals surface area contributed by atoms with Gasteiger partial charge >= 0.3 is 18.0 Å². The Bertz CT molecular complexity index is 1050. The van der Waals surface area contributed by atoms with Crippen molar-refractivity contribution >= 4 is 35.0 Å². The van der Waals surface area contributed by atoms with Gasteiger partial charge in [0.25, 0.3) is 0 Å². The van der Waals surface area contributed by atoms with E-state index in [-0.39, 0.29) is 12.6 Å². The summed E-state index contributed by atoms with van der Waals surface area (Å²) in [6.45, 7) is 3.43. The largest absolute Gasteiger partial charge is 0.455 e. The molecule has 2 N–H and O–H groups in total. The van der Waals surface area contributed by atoms with Crippen molar-refractivity contribution in [1.29, 1.82) is 0 Å². The predicted octanol–water partition coefficient (Wildman–Crippen LogP) is 0.144. The molecular weight excluding hydrogens is 452 g/mol. The average Bonchev–Trinajstić information content (AvgIpc) is 3.52. The Labute approximate surface area is 194 Å². The molecule has 2 aromatic rings. The number of aromatic nitrogens is 4. The number of anilines is 1. The van der Waals surface area contributed by atoms with Gasteiger partial charge < -0.3 is 34.3 Å². The van der Waals surface area contributed by atoms with Crippen LogP contribution in [0.2, 0.25) is 0 Å². The van der Waals surface area contributed by atoms with E-state index in [4.69, 9.17) is 23.7 Å². The molecule has 14 heteroatoms. The highest BCUT2D eigenvalue weighted by Crippen LogP contribution is 2.36. The molecule has 14 nitrogen and oxygen atoms in total. The van der Waals surface area contributed by atoms with E-state index in [0.717, 1.165) is 6.42 Å². The number of fused-ring (bicyclic) bond motifs is 1. The van der Waals surface area contributed by atoms with Crippen LogP contribution in [0.5, 0.6) is 0 Å². The Kier molecular flexibility index (Phi) is 7.07. The Morgan fingerprint density at radius 3 is 2.59 bits per heavy atom. The number of alkyl carbamates (subject to hydrolysis) is 1. The molecule has 0 spiro atoms. The van der Waals surface area contributed by atoms with Crippen LogP contribution in [0.15, 0.2) is 12.7 Å². The number of rotatable bonds is 7. The molecule has 0 bridgehead atoms. The third kappa shape index (κ3) is 5.02. The van der Waals surface area contributed by atoms with Crippen LogP contribution < -0.4 is 10.6 Å². The number of imidazole rings is 1. The molecule has 4 heterocycles. The van der Waals surface area contributed by atoms with Crippen molar-refractivity contribution in [3.63, 3.8) is 0 Å². The first kappa shape index (κ1) is 23.6. The fourth-order valence-corrected chi connectivity index (χ4v) is 3.93. The fourth-order valence-electron chi connectivity index (χ4n) is 3.93. The van der Waals surface area contributed by atoms with Crippen molar-refractivity contribution in [2.45, 2.75) is 50.8 Å². The molecule has 0 radical (unpaired) electrons. The summed E-state index contributed by atoms with van der Waals surface area (Å²) in [5.41, 5.74) is 0.890. The topological polar surface area (TPSA) is 165 Å². The first-order valence-electron chi connectivity index (χ1n) is 10.7. The van der Waals surface area contributed by atoms with Crippen LogP contribution in [0.4, 0.5) is 10.6 Å². The minimum absolute atomic E-state index is 0.0966. The molecule has 2 aromatic heterocycles. The summed E-state index contributed by atoms with van der Waals surface area (Å²) in [5, 5.41) is 5.63. The summed E-state index contributed by atoms with van der Waals surface area (Å²) in [7, 11) is 1.41. The highest BCUT2D eigenvalue weighted by atomic mass is 16.7. The zero-order chi connectivity index (χ0) is 24.2. The molecule has 2 fully saturated rings. The van der Waals surface area contributed by atoms with E-state index in [2.05, 4.69) is 25.6 Å². The maximum atomic E-state index is 11.9. The maximum absolute atomic E-state index is 11.9. The Hall–Kier alpha value is -3.52. The normalized spacial score (nSPS) is 26.3. The second-order valence-corrected chi connectivity index (χ2v) is 7.81. The van der Waals surface area contributed by atoms with E-state index >= 15 is 0 Å². The lowest BCUT2D eigenvalue weighted by Crippen LogP contribution is -2.41. The molecule has 0 aromatic carbocycles. The molecular formula is C20H26N6O8. The van der Waals surface area contributed by atoms with Crippen LogP contribution in [0, 0.1) is 0 Å². The van der Waals surface area contributed by atoms with Gasteiger partial charge in [0.2, 0.25) is 0 Å². The minimum atomic E-state index is -1.05. The molecule has 0 aliphatic carbocycles. The van der Waals surface area contributed by atoms with Crippen LogP contribution in [-0.4, -0.2) is 88.8 Å². The van der Waals surface area contributed by atoms with Crippen molar-refractivity contribution in [2.75, 3.05) is 32.2 Å². The van der Waals surface area contributed by atoms with Crippen LogP contribution in [0.1, 0.15) is 26.5 Å². The lowest BCUT2D eigenvalue weighted by Gasteiger charge is -2.23. The van der Waals surface area contributed by atoms with Crippen LogP contribution in [-0.2, 0) is 33.3 Å². The Morgan fingerprint density at radius 1 is 1.15 bits per heavy atom. The molecule has 2 aliphatic rings. The van der Waals surface area contributed by atoms with E-state index in [1.165, 1.54) is 33.5 Å². The third-order valence-electron chi connectivity index (χ3n) is 5.38. The average molecular weight is 478 g/mol. The number of hydrogen-bond donors (Lipinski definition) is 2. The van der Waals surface area contributed by atoms with Crippen molar-refractivity contribution in [2.24, 2.45) is 0 Å². The molecule has 4 rings (SSSR count). The number of carbonyl (C=O) groups excluding carboxylic acids is 3. The number of nitrogens with one attached hydrogen (secondary N) is 2. The second-order valence-electron chi connectivity index (χ2n) is 7.81. The van der Waals surface area contributed by atoms with E-state index in [9.17, 15) is 14.4 Å². The van der Waals surface area contributed by atoms with Crippen molar-refractivity contribution in [1.82, 2.24) is 24.8 Å². The highest BCUT2D eigenvalue weighted by Gasteiger charge is 2.51. The summed E-state index contributed by atoms with van der Waals surface area (Å²) in [5.74, 6) is -0.692. The van der Waals surface area contributed by atoms with E-state index < -0.39 is 42.6 Å². The van der Waals surface area contributed by atoms with E-state index in [1.807, 2.05) is 0 Å². The Balaban J connectivity index is 1.66. The molecule has 184 valence electrons. The number of carbonyl (C=O) groups is 3. The number of ether oxygens (including phenoxy) is 5. The molecule has 34 heavy (non-hydrogen) atoms. The number of amides is 1. The second kappa shape index (κ2) is 10.2. The molecule has 1 unspecified atom stereocenters. The van der Waals surface area contributed by atoms with Gasteiger partial charge in [0.05, 0.1) is 19.0 Å². The van der Waals surface area contributed by atoms with Gasteiger partial charge in [-0.1, -0.05) is 0 Å². The van der Waals surface area contributed by atoms with Crippen LogP contribution in [0.3, 0.4) is 0 Å². The van der Waals surface area contributed by atoms with Crippen LogP contribution in [0.25, 0.3) is 11.2 Å². The molecule has 2 aliphatic heterocycles. The van der Waals surface area contributed by atoms with Crippen molar-refractivity contribution in [3.05, 3.63) is 12.7 Å². The van der Waals surface area contributed by atoms with Gasteiger partial charge in [-0.05, 0) is 6.42 Å². The van der Waals surface area contributed by atoms with Gasteiger partial charge in [0.1, 0.15) is 19.0 Å². The van der Waals surface area contributed by atoms with Crippen LogP contribution >= 0.6 is 0 Å². The van der Waals surface area contributed by atoms with E-state index in [1.54, 1.807) is 4.57 Å². The number of nitrogens with zero attached hydrogens (tertiary/aromatic N) is 4. The summed E-state index contributed by atoms with van der Waals surface area (Å²) in [6.07, 6.45) is -0.963. The highest BCUT2D eigenvalue weighted by molar-refractivity contribution is 5.83. The van der Waals surface area contributed by atoms with E-state index in [0.29, 0.717) is 30.2 Å². The van der Waals surface area contributed by atoms with Gasteiger partial charge in [-0.3, -0.25) is 14.2 Å². The fraction of sp³-hybridized carbons (Fsp3) is 0.600. The van der Waals surface area contributed by atoms with Crippen molar-refractivity contribution in [3.8, 4) is 0 Å². The molecule has 0 saturated carbocycles. The van der Waals surface area contributed by atoms with Gasteiger partial charge in [0.15, 0.2) is 35.4 Å². The maximum Gasteiger partial charge on any atom is 0.406 e. The standard InChI is InChI=1S/C20H26N6O8/c1-10(27)32-15-13(7-31-20(29)21-3)34-19(16(15)33-11(2)28)26-9-24-14-17(22-8-23-18(14)26)25-12-4-5-30-6-12/h8-9,12-13,15-16,19H,4-7H2,1-3H3,(H,21,29)(H,22,23,25)/t12-,13-,15-,16-,19?/m1/s1. The van der Waals surface area contributed by atoms with Gasteiger partial charge in [-0.15, -0.1) is 0 Å². The Morgan fingerprint density at radius 2 is 1.91 bits per heavy atom. The SMILES string of the molecule is CNC(=O)OC[C@H]1OC(n2cnc3c(N[C@@H]4CCOC4)ncnc32)[C@H](OC(C)=O)[C@@H]1OC(C)=O. The lowest BCUT2D eigenvalue weighted by atomic mass is 10.1. The predicted molar refractivity (Wildman–Crippen MR) is 114 cm³/mol. The molecule has 2 saturated heterocycles. The zero-order valence-corrected chi connectivity index (χ0v) is 18.9. The van der Waals surface area contributed by atoms with Gasteiger partial charge in [0, 0.05) is 27.5 Å². The first-order valence-corrected chi connectivity index (χ1v) is 10.7. The number of hydrogen-bond acceptors (Lipinski definition) is 12. The third-order valence-corrected chi connectivity index (χ3v) is 5.38. The lowest BCUT2D eigenvalue weighted by molar-refractivity contribution is -0.165. The molecule has 5 atom stereocenters. The minimum Gasteiger partial charge on any atom is -0.455 e. The van der Waals surface area contributed by atoms with Gasteiger partial charge in [-0.2, -0.15) is 0 Å². The zero-order valence-electron chi connectivity index (χ0n) is 18.9. The smallest absolute Gasteiger partial charge is 0.406 e. The quantitative estimate of drug-likeness (QED) is 0.409.